The molecule has 0 radical (unpaired) electrons. The number of carbonyl (C=O) groups excluding carboxylic acids is 1. The number of alkyl halides is 3. The van der Waals surface area contributed by atoms with Crippen molar-refractivity contribution in [2.24, 2.45) is 13.0 Å². The maximum Gasteiger partial charge on any atom is 0.434 e. The number of amides is 1. The highest BCUT2D eigenvalue weighted by Crippen LogP contribution is 2.31. The lowest BCUT2D eigenvalue weighted by molar-refractivity contribution is -0.141. The van der Waals surface area contributed by atoms with E-state index in [1.807, 2.05) is 0 Å². The van der Waals surface area contributed by atoms with Gasteiger partial charge in [0.25, 0.3) is 0 Å². The van der Waals surface area contributed by atoms with Crippen LogP contribution >= 0.6 is 0 Å². The van der Waals surface area contributed by atoms with E-state index < -0.39 is 23.8 Å². The van der Waals surface area contributed by atoms with Crippen LogP contribution in [0.15, 0.2) is 24.8 Å². The van der Waals surface area contributed by atoms with E-state index in [0.717, 1.165) is 25.4 Å². The maximum atomic E-state index is 12.9. The lowest BCUT2D eigenvalue weighted by atomic mass is 9.92. The fourth-order valence-electron chi connectivity index (χ4n) is 3.01. The summed E-state index contributed by atoms with van der Waals surface area (Å²) in [7, 11) is 1.71. The van der Waals surface area contributed by atoms with Gasteiger partial charge in [0.05, 0.1) is 6.33 Å². The SMILES string of the molecule is Cn1ccc(NC(=O)[C@H](CC2CCOCC2)n2cnc(C(F)(F)F)c2)n1. The highest BCUT2D eigenvalue weighted by molar-refractivity contribution is 5.92. The molecule has 0 unspecified atom stereocenters. The van der Waals surface area contributed by atoms with Crippen molar-refractivity contribution >= 4 is 11.7 Å². The molecular weight excluding hydrogens is 351 g/mol. The van der Waals surface area contributed by atoms with Gasteiger partial charge in [-0.25, -0.2) is 4.98 Å². The summed E-state index contributed by atoms with van der Waals surface area (Å²) in [5.74, 6) is 0.131. The number of halogens is 3. The van der Waals surface area contributed by atoms with Crippen LogP contribution in [-0.2, 0) is 22.8 Å². The van der Waals surface area contributed by atoms with Crippen LogP contribution in [-0.4, -0.2) is 38.5 Å². The Morgan fingerprint density at radius 2 is 2.15 bits per heavy atom. The van der Waals surface area contributed by atoms with Crippen molar-refractivity contribution in [3.63, 3.8) is 0 Å². The van der Waals surface area contributed by atoms with Gasteiger partial charge in [-0.2, -0.15) is 18.3 Å². The lowest BCUT2D eigenvalue weighted by Gasteiger charge is -2.26. The molecule has 142 valence electrons. The topological polar surface area (TPSA) is 74.0 Å². The van der Waals surface area contributed by atoms with Gasteiger partial charge in [-0.15, -0.1) is 0 Å². The van der Waals surface area contributed by atoms with Crippen molar-refractivity contribution in [1.29, 1.82) is 0 Å². The Bertz CT molecular complexity index is 749. The number of nitrogens with zero attached hydrogens (tertiary/aromatic N) is 4. The summed E-state index contributed by atoms with van der Waals surface area (Å²) in [6, 6.07) is 0.821. The lowest BCUT2D eigenvalue weighted by Crippen LogP contribution is -2.29. The van der Waals surface area contributed by atoms with E-state index in [0.29, 0.717) is 25.5 Å². The van der Waals surface area contributed by atoms with Crippen LogP contribution < -0.4 is 5.32 Å². The predicted molar refractivity (Wildman–Crippen MR) is 86.3 cm³/mol. The second-order valence-electron chi connectivity index (χ2n) is 6.38. The molecule has 7 nitrogen and oxygen atoms in total. The van der Waals surface area contributed by atoms with Gasteiger partial charge in [-0.05, 0) is 25.2 Å². The number of imidazole rings is 1. The predicted octanol–water partition coefficient (Wildman–Crippen LogP) is 2.63. The molecule has 0 aromatic carbocycles. The molecule has 10 heteroatoms. The van der Waals surface area contributed by atoms with Crippen molar-refractivity contribution < 1.29 is 22.7 Å². The first-order chi connectivity index (χ1) is 12.3. The minimum Gasteiger partial charge on any atom is -0.381 e. The first-order valence-electron chi connectivity index (χ1n) is 8.32. The van der Waals surface area contributed by atoms with E-state index in [4.69, 9.17) is 4.74 Å². The molecule has 2 aromatic rings. The molecule has 1 amide bonds. The van der Waals surface area contributed by atoms with Crippen LogP contribution in [0.4, 0.5) is 19.0 Å². The second-order valence-corrected chi connectivity index (χ2v) is 6.38. The highest BCUT2D eigenvalue weighted by atomic mass is 19.4. The van der Waals surface area contributed by atoms with Gasteiger partial charge in [-0.1, -0.05) is 0 Å². The number of carbonyl (C=O) groups is 1. The molecule has 1 saturated heterocycles. The van der Waals surface area contributed by atoms with Gasteiger partial charge in [0.2, 0.25) is 5.91 Å². The Kier molecular flexibility index (Phi) is 5.30. The zero-order chi connectivity index (χ0) is 18.7. The molecule has 0 aliphatic carbocycles. The zero-order valence-electron chi connectivity index (χ0n) is 14.2. The number of hydrogen-bond donors (Lipinski definition) is 1. The molecule has 26 heavy (non-hydrogen) atoms. The molecule has 0 bridgehead atoms. The standard InChI is InChI=1S/C16H20F3N5O2/c1-23-5-2-14(22-23)21-15(25)12(8-11-3-6-26-7-4-11)24-9-13(20-10-24)16(17,18)19/h2,5,9-12H,3-4,6-8H2,1H3,(H,21,22,25)/t12-/m0/s1. The van der Waals surface area contributed by atoms with Gasteiger partial charge in [0, 0.05) is 38.7 Å². The van der Waals surface area contributed by atoms with Gasteiger partial charge in [0.1, 0.15) is 6.04 Å². The first-order valence-corrected chi connectivity index (χ1v) is 8.32. The molecule has 1 aliphatic heterocycles. The minimum absolute atomic E-state index is 0.194. The summed E-state index contributed by atoms with van der Waals surface area (Å²) in [6.07, 6.45) is 1.01. The molecule has 3 rings (SSSR count). The molecule has 3 heterocycles. The Labute approximate surface area is 148 Å². The fourth-order valence-corrected chi connectivity index (χ4v) is 3.01. The summed E-state index contributed by atoms with van der Waals surface area (Å²) < 4.78 is 46.7. The van der Waals surface area contributed by atoms with Crippen LogP contribution in [0.5, 0.6) is 0 Å². The Morgan fingerprint density at radius 1 is 1.42 bits per heavy atom. The number of aromatic nitrogens is 4. The maximum absolute atomic E-state index is 12.9. The summed E-state index contributed by atoms with van der Waals surface area (Å²) in [5.41, 5.74) is -1.01. The number of rotatable bonds is 5. The smallest absolute Gasteiger partial charge is 0.381 e. The number of nitrogens with one attached hydrogen (secondary N) is 1. The van der Waals surface area contributed by atoms with Gasteiger partial charge in [-0.3, -0.25) is 9.48 Å². The highest BCUT2D eigenvalue weighted by Gasteiger charge is 2.35. The Morgan fingerprint density at radius 3 is 2.73 bits per heavy atom. The van der Waals surface area contributed by atoms with E-state index in [-0.39, 0.29) is 5.92 Å². The average Bonchev–Trinajstić information content (AvgIpc) is 3.22. The van der Waals surface area contributed by atoms with Crippen LogP contribution in [0.3, 0.4) is 0 Å². The van der Waals surface area contributed by atoms with E-state index in [2.05, 4.69) is 15.4 Å². The van der Waals surface area contributed by atoms with E-state index in [1.54, 1.807) is 19.3 Å². The van der Waals surface area contributed by atoms with E-state index in [1.165, 1.54) is 9.25 Å². The summed E-state index contributed by atoms with van der Waals surface area (Å²) in [5, 5.41) is 6.74. The van der Waals surface area contributed by atoms with Crippen LogP contribution in [0, 0.1) is 5.92 Å². The van der Waals surface area contributed by atoms with Crippen molar-refractivity contribution in [2.45, 2.75) is 31.5 Å². The van der Waals surface area contributed by atoms with Gasteiger partial charge < -0.3 is 14.6 Å². The molecule has 2 aromatic heterocycles. The minimum atomic E-state index is -4.55. The van der Waals surface area contributed by atoms with Crippen LogP contribution in [0.1, 0.15) is 31.0 Å². The third-order valence-electron chi connectivity index (χ3n) is 4.42. The number of anilines is 1. The van der Waals surface area contributed by atoms with Crippen molar-refractivity contribution in [3.8, 4) is 0 Å². The van der Waals surface area contributed by atoms with Crippen LogP contribution in [0.2, 0.25) is 0 Å². The third kappa shape index (κ3) is 4.43. The van der Waals surface area contributed by atoms with E-state index in [9.17, 15) is 18.0 Å². The summed E-state index contributed by atoms with van der Waals surface area (Å²) in [6.45, 7) is 1.19. The molecule has 1 N–H and O–H groups in total. The number of hydrogen-bond acceptors (Lipinski definition) is 4. The Balaban J connectivity index is 1.80. The van der Waals surface area contributed by atoms with Gasteiger partial charge >= 0.3 is 6.18 Å². The van der Waals surface area contributed by atoms with E-state index >= 15 is 0 Å². The molecule has 1 fully saturated rings. The summed E-state index contributed by atoms with van der Waals surface area (Å²) >= 11 is 0. The molecule has 0 spiro atoms. The average molecular weight is 371 g/mol. The molecule has 1 atom stereocenters. The first kappa shape index (κ1) is 18.4. The fraction of sp³-hybridized carbons (Fsp3) is 0.562. The largest absolute Gasteiger partial charge is 0.434 e. The second kappa shape index (κ2) is 7.48. The molecule has 1 aliphatic rings. The normalized spacial score (nSPS) is 17.2. The quantitative estimate of drug-likeness (QED) is 0.877. The number of aryl methyl sites for hydroxylation is 1. The summed E-state index contributed by atoms with van der Waals surface area (Å²) in [4.78, 5) is 16.1. The zero-order valence-corrected chi connectivity index (χ0v) is 14.2. The third-order valence-corrected chi connectivity index (χ3v) is 4.42. The molecular formula is C16H20F3N5O2. The van der Waals surface area contributed by atoms with Crippen molar-refractivity contribution in [1.82, 2.24) is 19.3 Å². The van der Waals surface area contributed by atoms with Crippen LogP contribution in [0.25, 0.3) is 0 Å². The van der Waals surface area contributed by atoms with Gasteiger partial charge in [0.15, 0.2) is 11.5 Å². The Hall–Kier alpha value is -2.36. The van der Waals surface area contributed by atoms with Crippen molar-refractivity contribution in [3.05, 3.63) is 30.5 Å². The van der Waals surface area contributed by atoms with Crippen molar-refractivity contribution in [2.75, 3.05) is 18.5 Å². The molecule has 0 saturated carbocycles. The monoisotopic (exact) mass is 371 g/mol. The number of ether oxygens (including phenoxy) is 1.